The summed E-state index contributed by atoms with van der Waals surface area (Å²) in [6.07, 6.45) is 8.61. The number of hydrogen-bond acceptors (Lipinski definition) is 6. The average molecular weight is 430 g/mol. The van der Waals surface area contributed by atoms with E-state index < -0.39 is 0 Å². The quantitative estimate of drug-likeness (QED) is 0.513. The molecule has 32 heavy (non-hydrogen) atoms. The van der Waals surface area contributed by atoms with Crippen molar-refractivity contribution in [1.82, 2.24) is 34.4 Å². The van der Waals surface area contributed by atoms with Crippen molar-refractivity contribution in [3.63, 3.8) is 0 Å². The van der Waals surface area contributed by atoms with Gasteiger partial charge in [0, 0.05) is 35.1 Å². The minimum absolute atomic E-state index is 0.0157. The number of rotatable bonds is 3. The number of aromatic hydroxyl groups is 1. The zero-order valence-electron chi connectivity index (χ0n) is 19.0. The number of phenolic OH excluding ortho intramolecular Hbond substituents is 1. The van der Waals surface area contributed by atoms with Gasteiger partial charge in [0.05, 0.1) is 17.1 Å². The molecular weight excluding hydrogens is 402 g/mol. The molecule has 0 unspecified atom stereocenters. The maximum Gasteiger partial charge on any atom is 0.234 e. The largest absolute Gasteiger partial charge is 0.507 e. The lowest BCUT2D eigenvalue weighted by Crippen LogP contribution is -2.53. The van der Waals surface area contributed by atoms with Gasteiger partial charge in [0.2, 0.25) is 5.78 Å². The molecule has 4 heterocycles. The molecule has 3 aromatic heterocycles. The first-order valence-electron chi connectivity index (χ1n) is 10.7. The van der Waals surface area contributed by atoms with Crippen LogP contribution in [-0.4, -0.2) is 45.3 Å². The average Bonchev–Trinajstić information content (AvgIpc) is 3.30. The summed E-state index contributed by atoms with van der Waals surface area (Å²) in [5.41, 5.74) is 4.05. The van der Waals surface area contributed by atoms with Crippen molar-refractivity contribution in [2.75, 3.05) is 0 Å². The molecule has 1 aliphatic rings. The maximum atomic E-state index is 10.7. The Kier molecular flexibility index (Phi) is 4.46. The molecule has 4 aromatic rings. The minimum atomic E-state index is -0.109. The number of imidazole rings is 1. The summed E-state index contributed by atoms with van der Waals surface area (Å²) in [4.78, 5) is 13.7. The van der Waals surface area contributed by atoms with E-state index in [1.54, 1.807) is 17.1 Å². The zero-order chi connectivity index (χ0) is 22.7. The van der Waals surface area contributed by atoms with E-state index in [1.807, 2.05) is 41.9 Å². The molecule has 0 amide bonds. The van der Waals surface area contributed by atoms with Crippen LogP contribution in [0.25, 0.3) is 28.3 Å². The first-order chi connectivity index (χ1) is 15.1. The molecule has 0 aliphatic carbocycles. The van der Waals surface area contributed by atoms with E-state index in [4.69, 9.17) is 9.97 Å². The summed E-state index contributed by atoms with van der Waals surface area (Å²) in [5.74, 6) is 1.40. The molecule has 8 heteroatoms. The summed E-state index contributed by atoms with van der Waals surface area (Å²) in [6.45, 7) is 10.6. The molecule has 164 valence electrons. The number of benzene rings is 1. The van der Waals surface area contributed by atoms with Gasteiger partial charge in [-0.05, 0) is 64.8 Å². The molecule has 0 bridgehead atoms. The lowest BCUT2D eigenvalue weighted by molar-refractivity contribution is 0.297. The Balaban J connectivity index is 1.50. The smallest absolute Gasteiger partial charge is 0.234 e. The van der Waals surface area contributed by atoms with Gasteiger partial charge in [-0.2, -0.15) is 5.10 Å². The third-order valence-electron chi connectivity index (χ3n) is 5.61. The monoisotopic (exact) mass is 429 g/mol. The van der Waals surface area contributed by atoms with E-state index in [9.17, 15) is 5.11 Å². The van der Waals surface area contributed by atoms with Gasteiger partial charge in [0.1, 0.15) is 17.9 Å². The predicted octanol–water partition coefficient (Wildman–Crippen LogP) is 3.92. The Morgan fingerprint density at radius 3 is 2.53 bits per heavy atom. The van der Waals surface area contributed by atoms with Gasteiger partial charge in [-0.1, -0.05) is 6.08 Å². The molecule has 0 radical (unpaired) electrons. The highest BCUT2D eigenvalue weighted by atomic mass is 16.3. The number of fused-ring (bicyclic) bond motifs is 1. The predicted molar refractivity (Wildman–Crippen MR) is 124 cm³/mol. The second-order valence-electron chi connectivity index (χ2n) is 9.66. The van der Waals surface area contributed by atoms with Crippen molar-refractivity contribution in [1.29, 1.82) is 0 Å². The molecule has 0 spiro atoms. The van der Waals surface area contributed by atoms with Crippen LogP contribution in [0.3, 0.4) is 0 Å². The van der Waals surface area contributed by atoms with Crippen molar-refractivity contribution in [2.45, 2.75) is 52.1 Å². The van der Waals surface area contributed by atoms with Crippen molar-refractivity contribution in [2.24, 2.45) is 0 Å². The van der Waals surface area contributed by atoms with Gasteiger partial charge in [0.15, 0.2) is 0 Å². The summed E-state index contributed by atoms with van der Waals surface area (Å²) in [7, 11) is 0. The highest BCUT2D eigenvalue weighted by Gasteiger charge is 2.33. The topological polar surface area (TPSA) is 93.2 Å². The van der Waals surface area contributed by atoms with Gasteiger partial charge < -0.3 is 10.4 Å². The molecule has 1 aliphatic heterocycles. The number of nitrogens with one attached hydrogen (secondary N) is 1. The molecule has 0 saturated carbocycles. The van der Waals surface area contributed by atoms with E-state index >= 15 is 0 Å². The standard InChI is InChI=1S/C24H27N7O/c1-15-25-14-31(28-15)17-6-7-18(21(32)10-17)20-13-30-9-8-19(26-22(30)27-20)16-11-23(2,3)29-24(4,5)12-16/h6-11,13-14,29,32H,12H2,1-5H3. The third kappa shape index (κ3) is 3.78. The number of nitrogens with zero attached hydrogens (tertiary/aromatic N) is 6. The van der Waals surface area contributed by atoms with E-state index in [0.717, 1.165) is 17.8 Å². The summed E-state index contributed by atoms with van der Waals surface area (Å²) in [6, 6.07) is 7.41. The molecule has 0 fully saturated rings. The molecule has 2 N–H and O–H groups in total. The van der Waals surface area contributed by atoms with E-state index in [-0.39, 0.29) is 16.8 Å². The molecule has 8 nitrogen and oxygen atoms in total. The number of aryl methyl sites for hydroxylation is 1. The van der Waals surface area contributed by atoms with Crippen LogP contribution in [0.5, 0.6) is 5.75 Å². The second-order valence-corrected chi connectivity index (χ2v) is 9.66. The Labute approximate surface area is 186 Å². The SMILES string of the molecule is Cc1ncn(-c2ccc(-c3cn4ccc(C5=CC(C)(C)NC(C)(C)C5)nc4n3)c(O)c2)n1. The maximum absolute atomic E-state index is 10.7. The lowest BCUT2D eigenvalue weighted by Gasteiger charge is -2.41. The number of aromatic nitrogens is 6. The van der Waals surface area contributed by atoms with Crippen LogP contribution in [0.15, 0.2) is 49.1 Å². The van der Waals surface area contributed by atoms with Crippen LogP contribution in [-0.2, 0) is 0 Å². The summed E-state index contributed by atoms with van der Waals surface area (Å²) in [5, 5.41) is 18.6. The van der Waals surface area contributed by atoms with Crippen LogP contribution in [0.2, 0.25) is 0 Å². The minimum Gasteiger partial charge on any atom is -0.507 e. The lowest BCUT2D eigenvalue weighted by atomic mass is 9.82. The molecule has 0 saturated heterocycles. The van der Waals surface area contributed by atoms with Crippen LogP contribution in [0.1, 0.15) is 45.6 Å². The first kappa shape index (κ1) is 20.4. The number of phenols is 1. The highest BCUT2D eigenvalue weighted by molar-refractivity contribution is 5.71. The Bertz CT molecular complexity index is 1360. The van der Waals surface area contributed by atoms with Crippen LogP contribution in [0.4, 0.5) is 0 Å². The molecule has 1 aromatic carbocycles. The van der Waals surface area contributed by atoms with Crippen molar-refractivity contribution in [3.05, 3.63) is 60.6 Å². The van der Waals surface area contributed by atoms with Crippen molar-refractivity contribution in [3.8, 4) is 22.7 Å². The second kappa shape index (κ2) is 7.00. The fourth-order valence-electron chi connectivity index (χ4n) is 4.61. The van der Waals surface area contributed by atoms with Gasteiger partial charge in [-0.15, -0.1) is 0 Å². The van der Waals surface area contributed by atoms with Crippen LogP contribution < -0.4 is 5.32 Å². The molecule has 0 atom stereocenters. The van der Waals surface area contributed by atoms with Gasteiger partial charge in [-0.3, -0.25) is 4.40 Å². The molecular formula is C24H27N7O. The molecule has 5 rings (SSSR count). The zero-order valence-corrected chi connectivity index (χ0v) is 19.0. The number of hydrogen-bond donors (Lipinski definition) is 2. The van der Waals surface area contributed by atoms with E-state index in [2.05, 4.69) is 49.2 Å². The van der Waals surface area contributed by atoms with Gasteiger partial charge in [-0.25, -0.2) is 19.6 Å². The van der Waals surface area contributed by atoms with Crippen LogP contribution >= 0.6 is 0 Å². The first-order valence-corrected chi connectivity index (χ1v) is 10.7. The van der Waals surface area contributed by atoms with E-state index in [0.29, 0.717) is 22.9 Å². The van der Waals surface area contributed by atoms with Gasteiger partial charge in [0.25, 0.3) is 0 Å². The van der Waals surface area contributed by atoms with Crippen molar-refractivity contribution >= 4 is 11.4 Å². The Morgan fingerprint density at radius 2 is 1.84 bits per heavy atom. The summed E-state index contributed by atoms with van der Waals surface area (Å²) >= 11 is 0. The van der Waals surface area contributed by atoms with Crippen LogP contribution in [0, 0.1) is 6.92 Å². The Morgan fingerprint density at radius 1 is 1.06 bits per heavy atom. The van der Waals surface area contributed by atoms with Crippen molar-refractivity contribution < 1.29 is 5.11 Å². The van der Waals surface area contributed by atoms with Gasteiger partial charge >= 0.3 is 0 Å². The fourth-order valence-corrected chi connectivity index (χ4v) is 4.61. The third-order valence-corrected chi connectivity index (χ3v) is 5.61. The highest BCUT2D eigenvalue weighted by Crippen LogP contribution is 2.34. The normalized spacial score (nSPS) is 17.5. The summed E-state index contributed by atoms with van der Waals surface area (Å²) < 4.78 is 3.51. The fraction of sp³-hybridized carbons (Fsp3) is 0.333. The Hall–Kier alpha value is -3.52. The van der Waals surface area contributed by atoms with E-state index in [1.165, 1.54) is 5.57 Å².